The summed E-state index contributed by atoms with van der Waals surface area (Å²) in [6.45, 7) is 1.50. The van der Waals surface area contributed by atoms with E-state index < -0.39 is 53.8 Å². The molecule has 0 aliphatic carbocycles. The van der Waals surface area contributed by atoms with E-state index in [0.717, 1.165) is 0 Å². The fourth-order valence-electron chi connectivity index (χ4n) is 5.51. The van der Waals surface area contributed by atoms with Gasteiger partial charge >= 0.3 is 11.9 Å². The Kier molecular flexibility index (Phi) is 16.6. The van der Waals surface area contributed by atoms with Gasteiger partial charge in [0.2, 0.25) is 23.6 Å². The van der Waals surface area contributed by atoms with Gasteiger partial charge in [0.1, 0.15) is 30.5 Å². The molecule has 5 N–H and O–H groups in total. The van der Waals surface area contributed by atoms with E-state index in [-0.39, 0.29) is 75.8 Å². The van der Waals surface area contributed by atoms with Gasteiger partial charge in [-0.1, -0.05) is 18.6 Å². The first-order chi connectivity index (χ1) is 24.4. The van der Waals surface area contributed by atoms with E-state index in [1.807, 2.05) is 0 Å². The van der Waals surface area contributed by atoms with Crippen LogP contribution < -0.4 is 10.6 Å². The zero-order valence-corrected chi connectivity index (χ0v) is 29.1. The van der Waals surface area contributed by atoms with E-state index in [4.69, 9.17) is 9.47 Å². The molecule has 1 fully saturated rings. The van der Waals surface area contributed by atoms with Crippen LogP contribution in [0.2, 0.25) is 0 Å². The molecular weight excluding hydrogens is 670 g/mol. The molecule has 1 saturated heterocycles. The van der Waals surface area contributed by atoms with E-state index in [0.29, 0.717) is 54.2 Å². The fourth-order valence-corrected chi connectivity index (χ4v) is 5.51. The highest BCUT2D eigenvalue weighted by molar-refractivity contribution is 6.00. The molecule has 2 aliphatic heterocycles. The number of ether oxygens (including phenoxy) is 3. The maximum absolute atomic E-state index is 13.3. The predicted octanol–water partition coefficient (Wildman–Crippen LogP) is 1.74. The zero-order valence-electron chi connectivity index (χ0n) is 29.1. The summed E-state index contributed by atoms with van der Waals surface area (Å²) in [5.41, 5.74) is 0.303. The second-order valence-corrected chi connectivity index (χ2v) is 12.5. The first kappa shape index (κ1) is 40.7. The number of carbonyl (C=O) groups is 6. The van der Waals surface area contributed by atoms with Crippen LogP contribution in [-0.4, -0.2) is 118 Å². The molecule has 51 heavy (non-hydrogen) atoms. The van der Waals surface area contributed by atoms with Gasteiger partial charge in [0, 0.05) is 25.9 Å². The van der Waals surface area contributed by atoms with Gasteiger partial charge in [0.25, 0.3) is 5.91 Å². The van der Waals surface area contributed by atoms with Crippen LogP contribution in [0.5, 0.6) is 5.75 Å². The van der Waals surface area contributed by atoms with Crippen molar-refractivity contribution < 1.29 is 58.5 Å². The number of phenols is 1. The minimum atomic E-state index is -1.18. The van der Waals surface area contributed by atoms with Crippen LogP contribution in [0.25, 0.3) is 0 Å². The van der Waals surface area contributed by atoms with Crippen LogP contribution >= 0.6 is 0 Å². The average Bonchev–Trinajstić information content (AvgIpc) is 3.54. The van der Waals surface area contributed by atoms with Crippen molar-refractivity contribution in [2.24, 2.45) is 4.99 Å². The Morgan fingerprint density at radius 3 is 2.57 bits per heavy atom. The number of unbranched alkanes of at least 4 members (excludes halogenated alkanes) is 3. The summed E-state index contributed by atoms with van der Waals surface area (Å²) >= 11 is 0. The predicted molar refractivity (Wildman–Crippen MR) is 178 cm³/mol. The fraction of sp³-hybridized carbons (Fsp3) is 0.618. The van der Waals surface area contributed by atoms with Crippen molar-refractivity contribution in [1.29, 1.82) is 0 Å². The Balaban J connectivity index is 1.55. The van der Waals surface area contributed by atoms with Crippen LogP contribution in [0.1, 0.15) is 89.5 Å². The molecular formula is C34H49N5O12. The maximum Gasteiger partial charge on any atom is 0.328 e. The van der Waals surface area contributed by atoms with Crippen molar-refractivity contribution >= 4 is 41.5 Å². The van der Waals surface area contributed by atoms with Gasteiger partial charge in [-0.3, -0.25) is 34.4 Å². The van der Waals surface area contributed by atoms with Gasteiger partial charge in [-0.05, 0) is 70.4 Å². The molecule has 2 aliphatic rings. The minimum Gasteiger partial charge on any atom is -0.507 e. The van der Waals surface area contributed by atoms with E-state index in [1.54, 1.807) is 18.2 Å². The summed E-state index contributed by atoms with van der Waals surface area (Å²) < 4.78 is 15.6. The van der Waals surface area contributed by atoms with Crippen LogP contribution in [0.15, 0.2) is 29.3 Å². The number of methoxy groups -OCH3 is 1. The van der Waals surface area contributed by atoms with Gasteiger partial charge in [-0.25, -0.2) is 19.9 Å². The number of amides is 4. The second kappa shape index (κ2) is 20.8. The van der Waals surface area contributed by atoms with E-state index >= 15 is 0 Å². The molecule has 0 unspecified atom stereocenters. The summed E-state index contributed by atoms with van der Waals surface area (Å²) in [6.07, 6.45) is 2.99. The lowest BCUT2D eigenvalue weighted by atomic mass is 10.1. The Morgan fingerprint density at radius 2 is 1.82 bits per heavy atom. The Hall–Kier alpha value is -4.77. The van der Waals surface area contributed by atoms with Crippen LogP contribution in [0, 0.1) is 0 Å². The summed E-state index contributed by atoms with van der Waals surface area (Å²) in [6, 6.07) is 3.22. The number of hydroxylamine groups is 4. The summed E-state index contributed by atoms with van der Waals surface area (Å²) in [5.74, 6) is -3.47. The lowest BCUT2D eigenvalue weighted by Gasteiger charge is -2.23. The number of phenolic OH excluding ortho intramolecular Hbond substituents is 1. The van der Waals surface area contributed by atoms with Crippen molar-refractivity contribution in [3.05, 3.63) is 29.8 Å². The van der Waals surface area contributed by atoms with Crippen LogP contribution in [-0.2, 0) is 43.0 Å². The molecule has 4 atom stereocenters. The number of nitrogens with one attached hydrogen (secondary N) is 2. The van der Waals surface area contributed by atoms with Crippen LogP contribution in [0.4, 0.5) is 0 Å². The normalized spacial score (nSPS) is 18.4. The van der Waals surface area contributed by atoms with Gasteiger partial charge in [-0.2, -0.15) is 0 Å². The molecule has 0 radical (unpaired) electrons. The quantitative estimate of drug-likeness (QED) is 0.0596. The number of carbonyl (C=O) groups excluding carboxylic acids is 6. The molecule has 2 heterocycles. The number of aromatic hydroxyl groups is 1. The first-order valence-electron chi connectivity index (χ1n) is 17.2. The maximum atomic E-state index is 13.3. The van der Waals surface area contributed by atoms with Crippen molar-refractivity contribution in [2.75, 3.05) is 26.8 Å². The smallest absolute Gasteiger partial charge is 0.328 e. The third-order valence-corrected chi connectivity index (χ3v) is 8.38. The van der Waals surface area contributed by atoms with Crippen molar-refractivity contribution in [3.8, 4) is 5.75 Å². The zero-order chi connectivity index (χ0) is 37.3. The number of aliphatic imine (C=N–C) groups is 1. The third-order valence-electron chi connectivity index (χ3n) is 8.38. The number of para-hydroxylation sites is 1. The van der Waals surface area contributed by atoms with E-state index in [2.05, 4.69) is 20.4 Å². The minimum absolute atomic E-state index is 0.0247. The molecule has 3 rings (SSSR count). The molecule has 282 valence electrons. The third kappa shape index (κ3) is 13.5. The topological polar surface area (TPSA) is 234 Å². The van der Waals surface area contributed by atoms with Gasteiger partial charge in [0.05, 0.1) is 19.1 Å². The summed E-state index contributed by atoms with van der Waals surface area (Å²) in [7, 11) is 1.31. The van der Waals surface area contributed by atoms with Gasteiger partial charge in [0.15, 0.2) is 6.04 Å². The highest BCUT2D eigenvalue weighted by Gasteiger charge is 2.33. The number of hydrogen-bond donors (Lipinski definition) is 5. The summed E-state index contributed by atoms with van der Waals surface area (Å²) in [4.78, 5) is 79.3. The SMILES string of the molecule is COC(=O)CCCCCC(=O)N(O)CCCC[C@H](NC(=O)[C@@H]1COC(c2ccccc2O)=N1)C(=O)O[C@@H](C)CC(=O)N[C@H]1CCCCN(O)C1=O. The molecule has 0 saturated carbocycles. The molecule has 17 heteroatoms. The Morgan fingerprint density at radius 1 is 1.08 bits per heavy atom. The number of hydrogen-bond acceptors (Lipinski definition) is 13. The molecule has 0 spiro atoms. The van der Waals surface area contributed by atoms with E-state index in [9.17, 15) is 44.3 Å². The molecule has 0 aromatic heterocycles. The molecule has 1 aromatic rings. The molecule has 1 aromatic carbocycles. The monoisotopic (exact) mass is 719 g/mol. The van der Waals surface area contributed by atoms with Crippen molar-refractivity contribution in [3.63, 3.8) is 0 Å². The lowest BCUT2D eigenvalue weighted by molar-refractivity contribution is -0.167. The molecule has 0 bridgehead atoms. The number of nitrogens with zero attached hydrogens (tertiary/aromatic N) is 3. The van der Waals surface area contributed by atoms with E-state index in [1.165, 1.54) is 20.1 Å². The largest absolute Gasteiger partial charge is 0.507 e. The Labute approximate surface area is 296 Å². The standard InChI is InChI=1S/C34H49N5O12/c1-22(20-28(41)35-24-13-8-11-19-39(48)33(24)45)51-34(46)25(14-9-10-18-38(47)29(42)16-4-3-5-17-30(43)49-2)36-31(44)26-21-50-32(37-26)23-12-6-7-15-27(23)40/h6-7,12,15,22,24-26,40,47-48H,3-5,8-11,13-14,16-21H2,1-2H3,(H,35,41)(H,36,44)/t22-,24-,25-,26-/m0/s1. The molecule has 17 nitrogen and oxygen atoms in total. The summed E-state index contributed by atoms with van der Waals surface area (Å²) in [5, 5.41) is 36.5. The average molecular weight is 720 g/mol. The first-order valence-corrected chi connectivity index (χ1v) is 17.2. The van der Waals surface area contributed by atoms with Crippen LogP contribution in [0.3, 0.4) is 0 Å². The van der Waals surface area contributed by atoms with Gasteiger partial charge in [-0.15, -0.1) is 0 Å². The lowest BCUT2D eigenvalue weighted by Crippen LogP contribution is -2.48. The number of rotatable bonds is 19. The van der Waals surface area contributed by atoms with Gasteiger partial charge < -0.3 is 30.0 Å². The van der Waals surface area contributed by atoms with Crippen molar-refractivity contribution in [2.45, 2.75) is 108 Å². The highest BCUT2D eigenvalue weighted by atomic mass is 16.5. The number of benzene rings is 1. The molecule has 4 amide bonds. The highest BCUT2D eigenvalue weighted by Crippen LogP contribution is 2.21. The second-order valence-electron chi connectivity index (χ2n) is 12.5. The number of esters is 2. The Bertz CT molecular complexity index is 1410. The van der Waals surface area contributed by atoms with Crippen molar-refractivity contribution in [1.82, 2.24) is 20.8 Å².